The zero-order valence-electron chi connectivity index (χ0n) is 13.3. The molecule has 0 atom stereocenters. The lowest BCUT2D eigenvalue weighted by molar-refractivity contribution is -0.191. The van der Waals surface area contributed by atoms with E-state index in [1.54, 1.807) is 12.6 Å². The highest BCUT2D eigenvalue weighted by Gasteiger charge is 2.10. The first-order valence-corrected chi connectivity index (χ1v) is 7.31. The summed E-state index contributed by atoms with van der Waals surface area (Å²) in [5, 5.41) is 5.49. The van der Waals surface area contributed by atoms with E-state index in [2.05, 4.69) is 27.2 Å². The molecule has 0 fully saturated rings. The van der Waals surface area contributed by atoms with Gasteiger partial charge in [0.05, 0.1) is 11.6 Å². The minimum absolute atomic E-state index is 0. The average Bonchev–Trinajstić information content (AvgIpc) is 3.22. The molecule has 2 N–H and O–H groups in total. The number of H-pyrrole nitrogens is 1. The number of benzene rings is 1. The molecule has 0 aliphatic carbocycles. The summed E-state index contributed by atoms with van der Waals surface area (Å²) in [4.78, 5) is 28.1. The van der Waals surface area contributed by atoms with Gasteiger partial charge in [-0.15, -0.1) is 12.4 Å². The molecule has 0 spiro atoms. The lowest BCUT2D eigenvalue weighted by atomic mass is 10.2. The summed E-state index contributed by atoms with van der Waals surface area (Å²) < 4.78 is 5.36. The number of aromatic nitrogens is 3. The monoisotopic (exact) mass is 358 g/mol. The third-order valence-electron chi connectivity index (χ3n) is 3.65. The Morgan fingerprint density at radius 3 is 2.80 bits per heavy atom. The number of carbonyl (C=O) groups excluding carboxylic acids is 2. The first kappa shape index (κ1) is 18.2. The van der Waals surface area contributed by atoms with E-state index in [0.717, 1.165) is 39.9 Å². The molecule has 0 bridgehead atoms. The van der Waals surface area contributed by atoms with Gasteiger partial charge in [0.1, 0.15) is 23.4 Å². The van der Waals surface area contributed by atoms with Crippen LogP contribution >= 0.6 is 12.4 Å². The van der Waals surface area contributed by atoms with E-state index in [1.165, 1.54) is 5.56 Å². The molecule has 0 unspecified atom stereocenters. The lowest BCUT2D eigenvalue weighted by Gasteiger charge is -2.07. The second-order valence-electron chi connectivity index (χ2n) is 4.99. The number of hydrogen-bond donors (Lipinski definition) is 2. The minimum Gasteiger partial charge on any atom is -0.464 e. The molecular formula is C17H15ClN4O3. The molecule has 0 amide bonds. The number of nitrogens with one attached hydrogen (secondary N) is 2. The normalized spacial score (nSPS) is 9.80. The zero-order chi connectivity index (χ0) is 16.9. The van der Waals surface area contributed by atoms with Crippen molar-refractivity contribution in [2.24, 2.45) is 0 Å². The van der Waals surface area contributed by atoms with Gasteiger partial charge in [0.15, 0.2) is 0 Å². The van der Waals surface area contributed by atoms with Crippen LogP contribution < -0.4 is 5.32 Å². The Morgan fingerprint density at radius 2 is 2.04 bits per heavy atom. The van der Waals surface area contributed by atoms with E-state index in [-0.39, 0.29) is 18.6 Å². The van der Waals surface area contributed by atoms with Gasteiger partial charge in [-0.05, 0) is 36.2 Å². The van der Waals surface area contributed by atoms with E-state index >= 15 is 0 Å². The van der Waals surface area contributed by atoms with E-state index in [9.17, 15) is 0 Å². The summed E-state index contributed by atoms with van der Waals surface area (Å²) in [7, 11) is 0. The second kappa shape index (κ2) is 8.10. The van der Waals surface area contributed by atoms with Crippen molar-refractivity contribution >= 4 is 52.1 Å². The number of rotatable bonds is 3. The first-order chi connectivity index (χ1) is 11.8. The Bertz CT molecular complexity index is 1020. The van der Waals surface area contributed by atoms with E-state index in [1.807, 2.05) is 30.5 Å². The van der Waals surface area contributed by atoms with Gasteiger partial charge >= 0.3 is 6.15 Å². The summed E-state index contributed by atoms with van der Waals surface area (Å²) in [5.41, 5.74) is 3.92. The Labute approximate surface area is 148 Å². The van der Waals surface area contributed by atoms with E-state index < -0.39 is 0 Å². The van der Waals surface area contributed by atoms with Crippen molar-refractivity contribution in [2.75, 3.05) is 5.32 Å². The van der Waals surface area contributed by atoms with Crippen molar-refractivity contribution in [1.29, 1.82) is 0 Å². The van der Waals surface area contributed by atoms with Gasteiger partial charge in [0.2, 0.25) is 0 Å². The van der Waals surface area contributed by atoms with Crippen molar-refractivity contribution in [1.82, 2.24) is 15.0 Å². The summed E-state index contributed by atoms with van der Waals surface area (Å²) in [6.07, 6.45) is 6.43. The fraction of sp³-hybridized carbons (Fsp3) is 0.118. The molecule has 3 heterocycles. The van der Waals surface area contributed by atoms with Gasteiger partial charge in [0, 0.05) is 17.3 Å². The molecule has 3 aromatic heterocycles. The second-order valence-corrected chi connectivity index (χ2v) is 4.99. The molecule has 4 aromatic rings. The maximum atomic E-state index is 8.12. The number of hydrogen-bond acceptors (Lipinski definition) is 6. The van der Waals surface area contributed by atoms with E-state index in [4.69, 9.17) is 14.0 Å². The summed E-state index contributed by atoms with van der Waals surface area (Å²) in [6.45, 7) is 2.12. The fourth-order valence-corrected chi connectivity index (χ4v) is 2.58. The topological polar surface area (TPSA) is 101 Å². The number of nitrogens with zero attached hydrogens (tertiary/aromatic N) is 2. The summed E-state index contributed by atoms with van der Waals surface area (Å²) >= 11 is 0. The highest BCUT2D eigenvalue weighted by Crippen LogP contribution is 2.28. The standard InChI is InChI=1S/C16H14N4O.CO2.ClH/c1-2-10-8-17-15-14(10)16(19-9-18-15)20-12-3-4-13-11(7-12)5-6-21-13;2-1-3;/h3-9H,2H2,1H3,(H2,17,18,19,20);;1H. The Hall–Kier alpha value is -3.15. The van der Waals surface area contributed by atoms with Crippen LogP contribution in [0.15, 0.2) is 47.5 Å². The molecule has 1 aromatic carbocycles. The molecular weight excluding hydrogens is 344 g/mol. The smallest absolute Gasteiger partial charge is 0.373 e. The predicted molar refractivity (Wildman–Crippen MR) is 95.0 cm³/mol. The molecule has 0 saturated carbocycles. The van der Waals surface area contributed by atoms with Crippen molar-refractivity contribution < 1.29 is 14.0 Å². The average molecular weight is 359 g/mol. The van der Waals surface area contributed by atoms with Crippen LogP contribution in [-0.2, 0) is 16.0 Å². The number of anilines is 2. The lowest BCUT2D eigenvalue weighted by Crippen LogP contribution is -1.96. The van der Waals surface area contributed by atoms with Crippen LogP contribution in [0.4, 0.5) is 11.5 Å². The third-order valence-corrected chi connectivity index (χ3v) is 3.65. The number of halogens is 1. The summed E-state index contributed by atoms with van der Waals surface area (Å²) in [5.74, 6) is 0.820. The molecule has 0 saturated heterocycles. The van der Waals surface area contributed by atoms with Crippen molar-refractivity contribution in [3.05, 3.63) is 48.6 Å². The van der Waals surface area contributed by atoms with Crippen LogP contribution in [0.3, 0.4) is 0 Å². The number of furan rings is 1. The Morgan fingerprint density at radius 1 is 1.24 bits per heavy atom. The van der Waals surface area contributed by atoms with Crippen molar-refractivity contribution in [3.63, 3.8) is 0 Å². The molecule has 7 nitrogen and oxygen atoms in total. The van der Waals surface area contributed by atoms with Crippen LogP contribution in [0.1, 0.15) is 12.5 Å². The zero-order valence-corrected chi connectivity index (χ0v) is 14.1. The van der Waals surface area contributed by atoms with Crippen molar-refractivity contribution in [3.8, 4) is 0 Å². The molecule has 25 heavy (non-hydrogen) atoms. The number of aromatic amines is 1. The van der Waals surface area contributed by atoms with Gasteiger partial charge < -0.3 is 14.7 Å². The quantitative estimate of drug-likeness (QED) is 0.577. The largest absolute Gasteiger partial charge is 0.464 e. The molecule has 0 aliphatic rings. The van der Waals surface area contributed by atoms with Crippen LogP contribution in [0, 0.1) is 0 Å². The van der Waals surface area contributed by atoms with Crippen molar-refractivity contribution in [2.45, 2.75) is 13.3 Å². The van der Waals surface area contributed by atoms with Crippen LogP contribution in [0.5, 0.6) is 0 Å². The highest BCUT2D eigenvalue weighted by molar-refractivity contribution is 5.93. The number of fused-ring (bicyclic) bond motifs is 2. The van der Waals surface area contributed by atoms with E-state index in [0.29, 0.717) is 0 Å². The molecule has 128 valence electrons. The van der Waals surface area contributed by atoms with Crippen LogP contribution in [0.25, 0.3) is 22.0 Å². The van der Waals surface area contributed by atoms with Gasteiger partial charge in [0.25, 0.3) is 0 Å². The maximum Gasteiger partial charge on any atom is 0.373 e. The van der Waals surface area contributed by atoms with Gasteiger partial charge in [-0.2, -0.15) is 9.59 Å². The maximum absolute atomic E-state index is 8.12. The van der Waals surface area contributed by atoms with Gasteiger partial charge in [-0.1, -0.05) is 6.92 Å². The predicted octanol–water partition coefficient (Wildman–Crippen LogP) is 3.85. The van der Waals surface area contributed by atoms with Crippen LogP contribution in [-0.4, -0.2) is 21.1 Å². The Balaban J connectivity index is 0.000000528. The molecule has 0 aliphatic heterocycles. The Kier molecular flexibility index (Phi) is 5.89. The fourth-order valence-electron chi connectivity index (χ4n) is 2.58. The number of aryl methyl sites for hydroxylation is 1. The molecule has 8 heteroatoms. The highest BCUT2D eigenvalue weighted by atomic mass is 35.5. The summed E-state index contributed by atoms with van der Waals surface area (Å²) in [6, 6.07) is 7.93. The van der Waals surface area contributed by atoms with Crippen LogP contribution in [0.2, 0.25) is 0 Å². The van der Waals surface area contributed by atoms with Gasteiger partial charge in [-0.25, -0.2) is 9.97 Å². The minimum atomic E-state index is 0. The third kappa shape index (κ3) is 3.68. The first-order valence-electron chi connectivity index (χ1n) is 7.31. The SMILES string of the molecule is CCc1c[nH]c2ncnc(Nc3ccc4occc4c3)c12.Cl.O=C=O. The molecule has 4 rings (SSSR count). The molecule has 0 radical (unpaired) electrons. The van der Waals surface area contributed by atoms with Gasteiger partial charge in [-0.3, -0.25) is 0 Å².